The number of benzene rings is 2. The van der Waals surface area contributed by atoms with Crippen molar-refractivity contribution < 1.29 is 13.9 Å². The van der Waals surface area contributed by atoms with Crippen molar-refractivity contribution >= 4 is 23.1 Å². The minimum Gasteiger partial charge on any atom is -0.493 e. The van der Waals surface area contributed by atoms with Gasteiger partial charge in [-0.05, 0) is 29.7 Å². The first-order valence-electron chi connectivity index (χ1n) is 9.83. The lowest BCUT2D eigenvalue weighted by Crippen LogP contribution is -1.98. The number of aromatic nitrogens is 3. The van der Waals surface area contributed by atoms with E-state index in [-0.39, 0.29) is 0 Å². The van der Waals surface area contributed by atoms with Crippen LogP contribution in [0, 0.1) is 0 Å². The van der Waals surface area contributed by atoms with E-state index in [2.05, 4.69) is 29.3 Å². The molecule has 0 radical (unpaired) electrons. The molecule has 31 heavy (non-hydrogen) atoms. The molecule has 1 atom stereocenters. The minimum atomic E-state index is 0.321. The van der Waals surface area contributed by atoms with Crippen molar-refractivity contribution in [2.45, 2.75) is 30.2 Å². The van der Waals surface area contributed by atoms with Gasteiger partial charge in [0.25, 0.3) is 5.22 Å². The number of rotatable bonds is 9. The Kier molecular flexibility index (Phi) is 6.89. The van der Waals surface area contributed by atoms with Crippen molar-refractivity contribution in [1.82, 2.24) is 15.2 Å². The molecule has 0 saturated heterocycles. The fraction of sp³-hybridized carbons (Fsp3) is 0.261. The van der Waals surface area contributed by atoms with Crippen LogP contribution in [0.3, 0.4) is 0 Å². The maximum Gasteiger partial charge on any atom is 0.276 e. The Morgan fingerprint density at radius 2 is 1.84 bits per heavy atom. The normalized spacial score (nSPS) is 12.0. The third-order valence-electron chi connectivity index (χ3n) is 4.82. The number of nitrogens with zero attached hydrogens (tertiary/aromatic N) is 3. The van der Waals surface area contributed by atoms with Crippen LogP contribution in [0.5, 0.6) is 11.5 Å². The summed E-state index contributed by atoms with van der Waals surface area (Å²) in [7, 11) is 3.26. The summed E-state index contributed by atoms with van der Waals surface area (Å²) >= 11 is 3.09. The quantitative estimate of drug-likeness (QED) is 0.294. The highest BCUT2D eigenvalue weighted by Crippen LogP contribution is 2.34. The smallest absolute Gasteiger partial charge is 0.276 e. The zero-order chi connectivity index (χ0) is 21.6. The fourth-order valence-electron chi connectivity index (χ4n) is 3.15. The average Bonchev–Trinajstić information content (AvgIpc) is 3.47. The summed E-state index contributed by atoms with van der Waals surface area (Å²) in [5.41, 5.74) is 3.23. The minimum absolute atomic E-state index is 0.321. The van der Waals surface area contributed by atoms with Gasteiger partial charge in [0, 0.05) is 23.1 Å². The average molecular weight is 454 g/mol. The summed E-state index contributed by atoms with van der Waals surface area (Å²) < 4.78 is 16.5. The Bertz CT molecular complexity index is 1130. The van der Waals surface area contributed by atoms with Gasteiger partial charge in [0.05, 0.1) is 19.9 Å². The highest BCUT2D eigenvalue weighted by molar-refractivity contribution is 7.98. The van der Waals surface area contributed by atoms with E-state index in [1.54, 1.807) is 25.6 Å². The van der Waals surface area contributed by atoms with Crippen LogP contribution < -0.4 is 9.47 Å². The molecule has 0 fully saturated rings. The second-order valence-electron chi connectivity index (χ2n) is 6.98. The summed E-state index contributed by atoms with van der Waals surface area (Å²) in [6.45, 7) is 2.16. The molecule has 4 aromatic rings. The summed E-state index contributed by atoms with van der Waals surface area (Å²) in [5.74, 6) is 3.03. The molecule has 6 nitrogen and oxygen atoms in total. The first-order chi connectivity index (χ1) is 15.2. The number of thiazole rings is 1. The van der Waals surface area contributed by atoms with Crippen LogP contribution in [0.1, 0.15) is 30.0 Å². The molecular weight excluding hydrogens is 430 g/mol. The Hall–Kier alpha value is -2.84. The molecule has 0 amide bonds. The molecule has 1 unspecified atom stereocenters. The molecule has 2 aromatic heterocycles. The molecule has 0 saturated carbocycles. The van der Waals surface area contributed by atoms with Gasteiger partial charge in [-0.1, -0.05) is 49.0 Å². The topological polar surface area (TPSA) is 70.3 Å². The highest BCUT2D eigenvalue weighted by atomic mass is 32.2. The summed E-state index contributed by atoms with van der Waals surface area (Å²) in [6, 6.07) is 16.2. The van der Waals surface area contributed by atoms with Crippen molar-refractivity contribution in [3.05, 3.63) is 71.1 Å². The largest absolute Gasteiger partial charge is 0.493 e. The molecule has 0 N–H and O–H groups in total. The summed E-state index contributed by atoms with van der Waals surface area (Å²) in [4.78, 5) is 4.73. The standard InChI is InChI=1S/C23H23N3O3S2/c1-15(16-7-5-4-6-8-16)11-21-25-26-23(29-21)31-14-18-13-30-22(24-18)17-9-10-19(27-2)20(12-17)28-3/h4-10,12-13,15H,11,14H2,1-3H3. The predicted molar refractivity (Wildman–Crippen MR) is 123 cm³/mol. The lowest BCUT2D eigenvalue weighted by Gasteiger charge is -2.08. The molecule has 2 heterocycles. The first-order valence-corrected chi connectivity index (χ1v) is 11.7. The van der Waals surface area contributed by atoms with Gasteiger partial charge < -0.3 is 13.9 Å². The Morgan fingerprint density at radius 3 is 2.61 bits per heavy atom. The number of ether oxygens (including phenoxy) is 2. The van der Waals surface area contributed by atoms with Crippen molar-refractivity contribution in [2.24, 2.45) is 0 Å². The highest BCUT2D eigenvalue weighted by Gasteiger charge is 2.14. The maximum absolute atomic E-state index is 5.83. The third-order valence-corrected chi connectivity index (χ3v) is 6.62. The maximum atomic E-state index is 5.83. The molecule has 0 spiro atoms. The van der Waals surface area contributed by atoms with Crippen LogP contribution in [0.2, 0.25) is 0 Å². The molecule has 4 rings (SSSR count). The van der Waals surface area contributed by atoms with Crippen LogP contribution in [0.4, 0.5) is 0 Å². The molecule has 160 valence electrons. The van der Waals surface area contributed by atoms with Crippen LogP contribution in [0.25, 0.3) is 10.6 Å². The van der Waals surface area contributed by atoms with Gasteiger partial charge in [0.15, 0.2) is 11.5 Å². The van der Waals surface area contributed by atoms with Crippen molar-refractivity contribution in [3.63, 3.8) is 0 Å². The summed E-state index contributed by atoms with van der Waals surface area (Å²) in [5, 5.41) is 11.9. The monoisotopic (exact) mass is 453 g/mol. The molecule has 0 bridgehead atoms. The van der Waals surface area contributed by atoms with Crippen LogP contribution in [-0.2, 0) is 12.2 Å². The lowest BCUT2D eigenvalue weighted by molar-refractivity contribution is 0.355. The van der Waals surface area contributed by atoms with E-state index in [9.17, 15) is 0 Å². The predicted octanol–water partition coefficient (Wildman–Crippen LogP) is 5.85. The second-order valence-corrected chi connectivity index (χ2v) is 8.76. The second kappa shape index (κ2) is 9.98. The Labute approximate surface area is 189 Å². The Balaban J connectivity index is 1.36. The van der Waals surface area contributed by atoms with Gasteiger partial charge in [0.1, 0.15) is 5.01 Å². The van der Waals surface area contributed by atoms with Gasteiger partial charge in [-0.25, -0.2) is 4.98 Å². The zero-order valence-corrected chi connectivity index (χ0v) is 19.2. The van der Waals surface area contributed by atoms with Crippen molar-refractivity contribution in [3.8, 4) is 22.1 Å². The van der Waals surface area contributed by atoms with E-state index < -0.39 is 0 Å². The van der Waals surface area contributed by atoms with Gasteiger partial charge in [0.2, 0.25) is 5.89 Å². The van der Waals surface area contributed by atoms with E-state index in [1.165, 1.54) is 17.3 Å². The SMILES string of the molecule is COc1ccc(-c2nc(CSc3nnc(CC(C)c4ccccc4)o3)cs2)cc1OC. The van der Waals surface area contributed by atoms with Crippen LogP contribution in [0.15, 0.2) is 63.6 Å². The molecule has 0 aliphatic carbocycles. The van der Waals surface area contributed by atoms with Crippen molar-refractivity contribution in [2.75, 3.05) is 14.2 Å². The number of hydrogen-bond donors (Lipinski definition) is 0. The molecule has 8 heteroatoms. The van der Waals surface area contributed by atoms with E-state index in [4.69, 9.17) is 18.9 Å². The van der Waals surface area contributed by atoms with E-state index in [0.717, 1.165) is 22.7 Å². The van der Waals surface area contributed by atoms with Gasteiger partial charge in [-0.15, -0.1) is 21.5 Å². The number of thioether (sulfide) groups is 1. The molecular formula is C23H23N3O3S2. The van der Waals surface area contributed by atoms with E-state index in [1.807, 2.05) is 41.8 Å². The van der Waals surface area contributed by atoms with E-state index >= 15 is 0 Å². The van der Waals surface area contributed by atoms with Crippen LogP contribution >= 0.6 is 23.1 Å². The first kappa shape index (κ1) is 21.4. The zero-order valence-electron chi connectivity index (χ0n) is 17.6. The molecule has 2 aromatic carbocycles. The number of methoxy groups -OCH3 is 2. The Morgan fingerprint density at radius 1 is 1.03 bits per heavy atom. The lowest BCUT2D eigenvalue weighted by atomic mass is 9.98. The van der Waals surface area contributed by atoms with Gasteiger partial charge >= 0.3 is 0 Å². The molecule has 0 aliphatic rings. The fourth-order valence-corrected chi connectivity index (χ4v) is 4.75. The summed E-state index contributed by atoms with van der Waals surface area (Å²) in [6.07, 6.45) is 0.720. The van der Waals surface area contributed by atoms with Gasteiger partial charge in [-0.3, -0.25) is 0 Å². The van der Waals surface area contributed by atoms with Crippen molar-refractivity contribution in [1.29, 1.82) is 0 Å². The van der Waals surface area contributed by atoms with E-state index in [0.29, 0.717) is 34.3 Å². The molecule has 0 aliphatic heterocycles. The van der Waals surface area contributed by atoms with Gasteiger partial charge in [-0.2, -0.15) is 0 Å². The third kappa shape index (κ3) is 5.26. The number of hydrogen-bond acceptors (Lipinski definition) is 8. The van der Waals surface area contributed by atoms with Crippen LogP contribution in [-0.4, -0.2) is 29.4 Å².